The summed E-state index contributed by atoms with van der Waals surface area (Å²) in [5.74, 6) is -1.10. The van der Waals surface area contributed by atoms with Crippen LogP contribution in [0.15, 0.2) is 0 Å². The van der Waals surface area contributed by atoms with Crippen LogP contribution in [0.5, 0.6) is 0 Å². The largest absolute Gasteiger partial charge is 0.481 e. The molecule has 0 spiro atoms. The molecule has 0 saturated heterocycles. The summed E-state index contributed by atoms with van der Waals surface area (Å²) in [5.41, 5.74) is 0. The van der Waals surface area contributed by atoms with Crippen molar-refractivity contribution in [3.05, 3.63) is 0 Å². The van der Waals surface area contributed by atoms with Crippen LogP contribution < -0.4 is 0 Å². The molecule has 0 aromatic carbocycles. The van der Waals surface area contributed by atoms with E-state index in [4.69, 9.17) is 9.84 Å². The van der Waals surface area contributed by atoms with Gasteiger partial charge >= 0.3 is 11.9 Å². The molecule has 0 fully saturated rings. The smallest absolute Gasteiger partial charge is 0.307 e. The predicted molar refractivity (Wildman–Crippen MR) is 55.3 cm³/mol. The zero-order chi connectivity index (χ0) is 11.8. The van der Waals surface area contributed by atoms with Gasteiger partial charge in [-0.05, 0) is 33.9 Å². The number of hydrogen-bond donors (Lipinski definition) is 1. The molecular weight excluding hydrogens is 198 g/mol. The predicted octanol–water partition coefficient (Wildman–Crippen LogP) is 1.08. The van der Waals surface area contributed by atoms with Crippen molar-refractivity contribution in [2.75, 3.05) is 14.1 Å². The fourth-order valence-electron chi connectivity index (χ4n) is 0.900. The lowest BCUT2D eigenvalue weighted by molar-refractivity contribution is -0.155. The Balaban J connectivity index is 3.53. The lowest BCUT2D eigenvalue weighted by Crippen LogP contribution is -2.29. The van der Waals surface area contributed by atoms with Gasteiger partial charge in [-0.25, -0.2) is 0 Å². The fourth-order valence-corrected chi connectivity index (χ4v) is 0.900. The average molecular weight is 217 g/mol. The Morgan fingerprint density at radius 2 is 1.80 bits per heavy atom. The molecule has 0 bridgehead atoms. The number of aliphatic carboxylic acids is 1. The Bertz CT molecular complexity index is 215. The van der Waals surface area contributed by atoms with Crippen molar-refractivity contribution in [3.8, 4) is 0 Å². The van der Waals surface area contributed by atoms with Crippen LogP contribution in [0, 0.1) is 0 Å². The van der Waals surface area contributed by atoms with Crippen LogP contribution in [0.3, 0.4) is 0 Å². The second-order valence-electron chi connectivity index (χ2n) is 3.65. The highest BCUT2D eigenvalue weighted by Gasteiger charge is 2.10. The Morgan fingerprint density at radius 1 is 1.27 bits per heavy atom. The summed E-state index contributed by atoms with van der Waals surface area (Å²) in [5, 5.41) is 8.37. The molecule has 0 saturated carbocycles. The molecule has 0 aliphatic rings. The Labute approximate surface area is 90.0 Å². The van der Waals surface area contributed by atoms with Crippen molar-refractivity contribution in [2.24, 2.45) is 0 Å². The Hall–Kier alpha value is -1.10. The first-order chi connectivity index (χ1) is 6.93. The number of rotatable bonds is 7. The fraction of sp³-hybridized carbons (Fsp3) is 0.800. The molecule has 0 amide bonds. The highest BCUT2D eigenvalue weighted by Crippen LogP contribution is 2.04. The molecule has 1 atom stereocenters. The zero-order valence-corrected chi connectivity index (χ0v) is 9.52. The quantitative estimate of drug-likeness (QED) is 0.392. The van der Waals surface area contributed by atoms with Crippen LogP contribution >= 0.6 is 0 Å². The zero-order valence-electron chi connectivity index (χ0n) is 9.52. The second kappa shape index (κ2) is 7.23. The van der Waals surface area contributed by atoms with E-state index in [0.29, 0.717) is 12.8 Å². The van der Waals surface area contributed by atoms with Crippen LogP contribution in [0.25, 0.3) is 0 Å². The summed E-state index contributed by atoms with van der Waals surface area (Å²) in [7, 11) is 3.64. The maximum atomic E-state index is 11.2. The minimum atomic E-state index is -0.829. The number of carbonyl (C=O) groups is 2. The monoisotopic (exact) mass is 217 g/mol. The van der Waals surface area contributed by atoms with Gasteiger partial charge in [-0.15, -0.1) is 0 Å². The molecule has 0 heterocycles. The third kappa shape index (κ3) is 7.93. The van der Waals surface area contributed by atoms with Crippen LogP contribution in [-0.2, 0) is 14.3 Å². The van der Waals surface area contributed by atoms with Crippen molar-refractivity contribution >= 4 is 11.9 Å². The lowest BCUT2D eigenvalue weighted by atomic mass is 10.2. The van der Waals surface area contributed by atoms with E-state index >= 15 is 0 Å². The van der Waals surface area contributed by atoms with E-state index in [9.17, 15) is 9.59 Å². The summed E-state index contributed by atoms with van der Waals surface area (Å²) in [6.07, 6.45) is 1.23. The highest BCUT2D eigenvalue weighted by atomic mass is 16.6. The molecule has 0 aromatic rings. The van der Waals surface area contributed by atoms with Crippen LogP contribution in [0.1, 0.15) is 32.6 Å². The maximum absolute atomic E-state index is 11.2. The van der Waals surface area contributed by atoms with E-state index in [1.54, 1.807) is 11.8 Å². The van der Waals surface area contributed by atoms with E-state index in [1.165, 1.54) is 0 Å². The van der Waals surface area contributed by atoms with Gasteiger partial charge in [-0.1, -0.05) is 0 Å². The number of hydrogen-bond acceptors (Lipinski definition) is 4. The van der Waals surface area contributed by atoms with Gasteiger partial charge < -0.3 is 9.84 Å². The summed E-state index contributed by atoms with van der Waals surface area (Å²) < 4.78 is 5.06. The number of nitrogens with zero attached hydrogens (tertiary/aromatic N) is 1. The summed E-state index contributed by atoms with van der Waals surface area (Å²) in [6.45, 7) is 1.79. The topological polar surface area (TPSA) is 66.8 Å². The number of carboxylic acid groups (broad SMARTS) is 1. The van der Waals surface area contributed by atoms with Gasteiger partial charge in [0.05, 0.1) is 0 Å². The van der Waals surface area contributed by atoms with Crippen LogP contribution in [-0.4, -0.2) is 42.3 Å². The normalized spacial score (nSPS) is 12.5. The van der Waals surface area contributed by atoms with Crippen LogP contribution in [0.2, 0.25) is 0 Å². The lowest BCUT2D eigenvalue weighted by Gasteiger charge is -2.19. The van der Waals surface area contributed by atoms with Crippen molar-refractivity contribution in [1.82, 2.24) is 4.90 Å². The van der Waals surface area contributed by atoms with Gasteiger partial charge in [-0.3, -0.25) is 14.5 Å². The third-order valence-electron chi connectivity index (χ3n) is 2.05. The minimum absolute atomic E-state index is 0.108. The molecule has 5 heteroatoms. The number of carboxylic acids is 1. The van der Waals surface area contributed by atoms with E-state index in [-0.39, 0.29) is 25.0 Å². The highest BCUT2D eigenvalue weighted by molar-refractivity contribution is 5.69. The molecule has 0 rings (SSSR count). The van der Waals surface area contributed by atoms with Gasteiger partial charge in [-0.2, -0.15) is 0 Å². The molecule has 15 heavy (non-hydrogen) atoms. The molecule has 0 aliphatic heterocycles. The first-order valence-corrected chi connectivity index (χ1v) is 5.01. The van der Waals surface area contributed by atoms with Gasteiger partial charge in [0.25, 0.3) is 0 Å². The van der Waals surface area contributed by atoms with E-state index in [0.717, 1.165) is 0 Å². The first-order valence-electron chi connectivity index (χ1n) is 5.01. The second-order valence-corrected chi connectivity index (χ2v) is 3.65. The van der Waals surface area contributed by atoms with Gasteiger partial charge in [0.15, 0.2) is 6.23 Å². The Kier molecular flexibility index (Phi) is 6.70. The summed E-state index contributed by atoms with van der Waals surface area (Å²) in [6, 6.07) is 0. The minimum Gasteiger partial charge on any atom is -0.481 e. The molecule has 5 nitrogen and oxygen atoms in total. The molecule has 88 valence electrons. The summed E-state index contributed by atoms with van der Waals surface area (Å²) >= 11 is 0. The average Bonchev–Trinajstić information content (AvgIpc) is 2.12. The van der Waals surface area contributed by atoms with E-state index in [1.807, 2.05) is 14.1 Å². The number of carbonyl (C=O) groups excluding carboxylic acids is 1. The first kappa shape index (κ1) is 13.9. The van der Waals surface area contributed by atoms with Gasteiger partial charge in [0.1, 0.15) is 0 Å². The molecule has 1 N–H and O–H groups in total. The maximum Gasteiger partial charge on any atom is 0.307 e. The summed E-state index contributed by atoms with van der Waals surface area (Å²) in [4.78, 5) is 23.2. The van der Waals surface area contributed by atoms with Crippen LogP contribution in [0.4, 0.5) is 0 Å². The Morgan fingerprint density at radius 3 is 2.27 bits per heavy atom. The molecule has 0 radical (unpaired) electrons. The van der Waals surface area contributed by atoms with Crippen molar-refractivity contribution < 1.29 is 19.4 Å². The van der Waals surface area contributed by atoms with Crippen molar-refractivity contribution in [2.45, 2.75) is 38.8 Å². The third-order valence-corrected chi connectivity index (χ3v) is 2.05. The van der Waals surface area contributed by atoms with Gasteiger partial charge in [0, 0.05) is 12.8 Å². The SMILES string of the molecule is CC(OC(=O)CCCCC(=O)O)N(C)C. The van der Waals surface area contributed by atoms with Crippen molar-refractivity contribution in [1.29, 1.82) is 0 Å². The van der Waals surface area contributed by atoms with Crippen molar-refractivity contribution in [3.63, 3.8) is 0 Å². The molecule has 0 aliphatic carbocycles. The number of unbranched alkanes of at least 4 members (excludes halogenated alkanes) is 1. The molecular formula is C10H19NO4. The number of ether oxygens (including phenoxy) is 1. The molecule has 0 aromatic heterocycles. The standard InChI is InChI=1S/C10H19NO4/c1-8(11(2)3)15-10(14)7-5-4-6-9(12)13/h8H,4-7H2,1-3H3,(H,12,13). The van der Waals surface area contributed by atoms with Gasteiger partial charge in [0.2, 0.25) is 0 Å². The van der Waals surface area contributed by atoms with E-state index in [2.05, 4.69) is 0 Å². The number of esters is 1. The molecule has 1 unspecified atom stereocenters. The van der Waals surface area contributed by atoms with E-state index < -0.39 is 5.97 Å².